The summed E-state index contributed by atoms with van der Waals surface area (Å²) in [4.78, 5) is 0. The van der Waals surface area contributed by atoms with E-state index >= 15 is 0 Å². The lowest BCUT2D eigenvalue weighted by Crippen LogP contribution is -2.02. The number of hydrogen-bond donors (Lipinski definition) is 0. The highest BCUT2D eigenvalue weighted by Gasteiger charge is 2.16. The molecule has 0 aliphatic rings. The molecule has 0 spiro atoms. The van der Waals surface area contributed by atoms with E-state index in [9.17, 15) is 4.57 Å². The quantitative estimate of drug-likeness (QED) is 0.599. The van der Waals surface area contributed by atoms with Crippen LogP contribution in [0, 0.1) is 11.8 Å². The van der Waals surface area contributed by atoms with Crippen LogP contribution in [0.5, 0.6) is 0 Å². The van der Waals surface area contributed by atoms with Crippen molar-refractivity contribution in [1.82, 2.24) is 0 Å². The van der Waals surface area contributed by atoms with Gasteiger partial charge in [0.05, 0.1) is 13.2 Å². The van der Waals surface area contributed by atoms with E-state index in [2.05, 4.69) is 27.7 Å². The average Bonchev–Trinajstić information content (AvgIpc) is 2.01. The van der Waals surface area contributed by atoms with Crippen LogP contribution in [0.4, 0.5) is 0 Å². The molecule has 0 N–H and O–H groups in total. The highest BCUT2D eigenvalue weighted by molar-refractivity contribution is 7.52. The normalized spacial score (nSPS) is 12.7. The van der Waals surface area contributed by atoms with Gasteiger partial charge in [0.1, 0.15) is 0 Å². The average molecular weight is 236 g/mol. The molecule has 0 atom stereocenters. The molecule has 0 unspecified atom stereocenters. The monoisotopic (exact) mass is 236 g/mol. The zero-order valence-electron chi connectivity index (χ0n) is 10.7. The van der Waals surface area contributed by atoms with Gasteiger partial charge in [-0.2, -0.15) is 0 Å². The van der Waals surface area contributed by atoms with Crippen LogP contribution in [0.1, 0.15) is 40.5 Å². The first-order valence-corrected chi connectivity index (χ1v) is 7.69. The summed E-state index contributed by atoms with van der Waals surface area (Å²) in [6.07, 6.45) is 1.84. The lowest BCUT2D eigenvalue weighted by molar-refractivity contribution is 0.193. The standard InChI is InChI=1S/C11H25O3P/c1-10(2)6-8-13-15(5,12)14-9-7-11(3)4/h10-11H,6-9H2,1-5H3. The topological polar surface area (TPSA) is 35.5 Å². The molecule has 0 bridgehead atoms. The minimum Gasteiger partial charge on any atom is -0.309 e. The van der Waals surface area contributed by atoms with Crippen molar-refractivity contribution in [1.29, 1.82) is 0 Å². The van der Waals surface area contributed by atoms with Gasteiger partial charge in [0.15, 0.2) is 0 Å². The van der Waals surface area contributed by atoms with Crippen molar-refractivity contribution < 1.29 is 13.6 Å². The maximum Gasteiger partial charge on any atom is 0.327 e. The molecule has 4 heteroatoms. The van der Waals surface area contributed by atoms with Gasteiger partial charge in [-0.05, 0) is 24.7 Å². The van der Waals surface area contributed by atoms with Crippen LogP contribution in [0.25, 0.3) is 0 Å². The fourth-order valence-corrected chi connectivity index (χ4v) is 1.89. The van der Waals surface area contributed by atoms with Gasteiger partial charge in [-0.25, -0.2) is 0 Å². The summed E-state index contributed by atoms with van der Waals surface area (Å²) in [6.45, 7) is 11.0. The van der Waals surface area contributed by atoms with Crippen LogP contribution < -0.4 is 0 Å². The van der Waals surface area contributed by atoms with Crippen LogP contribution in [0.3, 0.4) is 0 Å². The molecule has 0 saturated carbocycles. The molecule has 0 radical (unpaired) electrons. The minimum atomic E-state index is -2.80. The Morgan fingerprint density at radius 2 is 1.27 bits per heavy atom. The van der Waals surface area contributed by atoms with Crippen LogP contribution in [0.15, 0.2) is 0 Å². The molecule has 0 aliphatic heterocycles. The van der Waals surface area contributed by atoms with Gasteiger partial charge in [0.2, 0.25) is 0 Å². The Morgan fingerprint density at radius 3 is 1.53 bits per heavy atom. The van der Waals surface area contributed by atoms with Crippen LogP contribution in [-0.4, -0.2) is 19.9 Å². The molecular weight excluding hydrogens is 211 g/mol. The van der Waals surface area contributed by atoms with Crippen molar-refractivity contribution in [3.05, 3.63) is 0 Å². The van der Waals surface area contributed by atoms with E-state index in [4.69, 9.17) is 9.05 Å². The highest BCUT2D eigenvalue weighted by Crippen LogP contribution is 2.44. The maximum absolute atomic E-state index is 11.7. The van der Waals surface area contributed by atoms with Crippen LogP contribution >= 0.6 is 7.60 Å². The number of rotatable bonds is 8. The fourth-order valence-electron chi connectivity index (χ4n) is 0.946. The van der Waals surface area contributed by atoms with E-state index in [1.165, 1.54) is 0 Å². The van der Waals surface area contributed by atoms with E-state index in [1.54, 1.807) is 6.66 Å². The van der Waals surface area contributed by atoms with E-state index in [0.717, 1.165) is 12.8 Å². The first-order chi connectivity index (χ1) is 6.83. The Hall–Kier alpha value is 0.150. The van der Waals surface area contributed by atoms with Crippen LogP contribution in [0.2, 0.25) is 0 Å². The smallest absolute Gasteiger partial charge is 0.309 e. The summed E-state index contributed by atoms with van der Waals surface area (Å²) in [5.41, 5.74) is 0. The van der Waals surface area contributed by atoms with Crippen molar-refractivity contribution >= 4 is 7.60 Å². The largest absolute Gasteiger partial charge is 0.327 e. The third-order valence-electron chi connectivity index (χ3n) is 2.04. The SMILES string of the molecule is CC(C)CCOP(C)(=O)OCCC(C)C. The first-order valence-electron chi connectivity index (χ1n) is 5.70. The lowest BCUT2D eigenvalue weighted by atomic mass is 10.2. The second-order valence-corrected chi connectivity index (χ2v) is 6.86. The molecule has 0 fully saturated rings. The van der Waals surface area contributed by atoms with E-state index < -0.39 is 7.60 Å². The third-order valence-corrected chi connectivity index (χ3v) is 3.35. The summed E-state index contributed by atoms with van der Waals surface area (Å²) in [7, 11) is -2.80. The van der Waals surface area contributed by atoms with Crippen molar-refractivity contribution in [2.45, 2.75) is 40.5 Å². The predicted molar refractivity (Wildman–Crippen MR) is 64.3 cm³/mol. The molecule has 0 saturated heterocycles. The summed E-state index contributed by atoms with van der Waals surface area (Å²) in [5, 5.41) is 0. The maximum atomic E-state index is 11.7. The van der Waals surface area contributed by atoms with Gasteiger partial charge >= 0.3 is 7.60 Å². The van der Waals surface area contributed by atoms with Crippen molar-refractivity contribution in [3.63, 3.8) is 0 Å². The Morgan fingerprint density at radius 1 is 0.933 bits per heavy atom. The Labute approximate surface area is 94.1 Å². The van der Waals surface area contributed by atoms with Gasteiger partial charge in [0, 0.05) is 6.66 Å². The number of hydrogen-bond acceptors (Lipinski definition) is 3. The van der Waals surface area contributed by atoms with Gasteiger partial charge in [-0.3, -0.25) is 4.57 Å². The molecule has 92 valence electrons. The predicted octanol–water partition coefficient (Wildman–Crippen LogP) is 3.93. The molecule has 3 nitrogen and oxygen atoms in total. The molecule has 0 aromatic carbocycles. The molecule has 0 aromatic rings. The van der Waals surface area contributed by atoms with E-state index in [1.807, 2.05) is 0 Å². The zero-order chi connectivity index (χ0) is 11.9. The van der Waals surface area contributed by atoms with Crippen molar-refractivity contribution in [2.24, 2.45) is 11.8 Å². The highest BCUT2D eigenvalue weighted by atomic mass is 31.2. The van der Waals surface area contributed by atoms with Gasteiger partial charge in [0.25, 0.3) is 0 Å². The van der Waals surface area contributed by atoms with Gasteiger partial charge in [-0.15, -0.1) is 0 Å². The third kappa shape index (κ3) is 10.4. The van der Waals surface area contributed by atoms with E-state index in [0.29, 0.717) is 25.0 Å². The van der Waals surface area contributed by atoms with Gasteiger partial charge < -0.3 is 9.05 Å². The van der Waals surface area contributed by atoms with Crippen LogP contribution in [-0.2, 0) is 13.6 Å². The molecular formula is C11H25O3P. The minimum absolute atomic E-state index is 0.521. The molecule has 15 heavy (non-hydrogen) atoms. The molecule has 0 amide bonds. The summed E-state index contributed by atoms with van der Waals surface area (Å²) in [5.74, 6) is 1.14. The first kappa shape index (κ1) is 15.2. The lowest BCUT2D eigenvalue weighted by Gasteiger charge is -2.15. The molecule has 0 aliphatic carbocycles. The molecule has 0 aromatic heterocycles. The van der Waals surface area contributed by atoms with E-state index in [-0.39, 0.29) is 0 Å². The zero-order valence-corrected chi connectivity index (χ0v) is 11.5. The van der Waals surface area contributed by atoms with Crippen molar-refractivity contribution in [3.8, 4) is 0 Å². The van der Waals surface area contributed by atoms with Gasteiger partial charge in [-0.1, -0.05) is 27.7 Å². The summed E-state index contributed by atoms with van der Waals surface area (Å²) >= 11 is 0. The molecule has 0 rings (SSSR count). The Balaban J connectivity index is 3.63. The Kier molecular flexibility index (Phi) is 7.50. The second kappa shape index (κ2) is 7.43. The summed E-state index contributed by atoms with van der Waals surface area (Å²) in [6, 6.07) is 0. The summed E-state index contributed by atoms with van der Waals surface area (Å²) < 4.78 is 22.2. The fraction of sp³-hybridized carbons (Fsp3) is 1.00. The Bertz CT molecular complexity index is 184. The molecule has 0 heterocycles. The van der Waals surface area contributed by atoms with Crippen molar-refractivity contribution in [2.75, 3.05) is 19.9 Å². The second-order valence-electron chi connectivity index (χ2n) is 4.80.